The smallest absolute Gasteiger partial charge is 0.216 e. The third kappa shape index (κ3) is 2.61. The zero-order chi connectivity index (χ0) is 14.8. The SMILES string of the molecule is Cc1cc(-c2n[nH]c(=S)n2/N=C/c2ccccc2O)n[nH]1. The molecular weight excluding hydrogens is 288 g/mol. The number of hydrogen-bond donors (Lipinski definition) is 3. The molecule has 0 aliphatic rings. The number of aryl methyl sites for hydroxylation is 1. The third-order valence-electron chi connectivity index (χ3n) is 2.83. The number of aromatic hydroxyl groups is 1. The maximum atomic E-state index is 9.73. The summed E-state index contributed by atoms with van der Waals surface area (Å²) >= 11 is 5.16. The van der Waals surface area contributed by atoms with E-state index >= 15 is 0 Å². The molecule has 0 atom stereocenters. The van der Waals surface area contributed by atoms with Crippen LogP contribution in [0.3, 0.4) is 0 Å². The van der Waals surface area contributed by atoms with E-state index in [1.54, 1.807) is 18.2 Å². The summed E-state index contributed by atoms with van der Waals surface area (Å²) in [6.45, 7) is 1.90. The molecule has 1 aromatic carbocycles. The second kappa shape index (κ2) is 5.33. The Morgan fingerprint density at radius 3 is 2.81 bits per heavy atom. The Morgan fingerprint density at radius 1 is 1.29 bits per heavy atom. The molecule has 2 heterocycles. The van der Waals surface area contributed by atoms with Gasteiger partial charge in [-0.1, -0.05) is 12.1 Å². The Balaban J connectivity index is 2.02. The summed E-state index contributed by atoms with van der Waals surface area (Å²) in [5.41, 5.74) is 2.13. The summed E-state index contributed by atoms with van der Waals surface area (Å²) < 4.78 is 1.80. The van der Waals surface area contributed by atoms with Crippen molar-refractivity contribution in [2.45, 2.75) is 6.92 Å². The van der Waals surface area contributed by atoms with Crippen molar-refractivity contribution < 1.29 is 5.11 Å². The van der Waals surface area contributed by atoms with Crippen molar-refractivity contribution in [3.05, 3.63) is 46.4 Å². The first-order valence-electron chi connectivity index (χ1n) is 6.17. The van der Waals surface area contributed by atoms with Gasteiger partial charge in [-0.15, -0.1) is 0 Å². The number of phenols is 1. The van der Waals surface area contributed by atoms with Crippen molar-refractivity contribution in [1.29, 1.82) is 0 Å². The van der Waals surface area contributed by atoms with Crippen LogP contribution in [0.4, 0.5) is 0 Å². The summed E-state index contributed by atoms with van der Waals surface area (Å²) in [6, 6.07) is 8.74. The van der Waals surface area contributed by atoms with Crippen LogP contribution in [0.25, 0.3) is 11.5 Å². The van der Waals surface area contributed by atoms with Gasteiger partial charge in [0.15, 0.2) is 0 Å². The van der Waals surface area contributed by atoms with Gasteiger partial charge in [0, 0.05) is 11.3 Å². The minimum Gasteiger partial charge on any atom is -0.507 e. The van der Waals surface area contributed by atoms with Crippen LogP contribution >= 0.6 is 12.2 Å². The van der Waals surface area contributed by atoms with E-state index in [4.69, 9.17) is 12.2 Å². The highest BCUT2D eigenvalue weighted by molar-refractivity contribution is 7.71. The molecule has 3 rings (SSSR count). The van der Waals surface area contributed by atoms with Gasteiger partial charge in [-0.2, -0.15) is 20.0 Å². The largest absolute Gasteiger partial charge is 0.507 e. The van der Waals surface area contributed by atoms with Gasteiger partial charge >= 0.3 is 0 Å². The number of para-hydroxylation sites is 1. The van der Waals surface area contributed by atoms with Gasteiger partial charge in [-0.3, -0.25) is 5.10 Å². The lowest BCUT2D eigenvalue weighted by molar-refractivity contribution is 0.474. The van der Waals surface area contributed by atoms with E-state index in [0.29, 0.717) is 21.9 Å². The maximum absolute atomic E-state index is 9.73. The monoisotopic (exact) mass is 300 g/mol. The minimum atomic E-state index is 0.147. The summed E-state index contributed by atoms with van der Waals surface area (Å²) in [6.07, 6.45) is 1.52. The molecule has 0 radical (unpaired) electrons. The average molecular weight is 300 g/mol. The molecule has 2 aromatic heterocycles. The molecule has 0 amide bonds. The van der Waals surface area contributed by atoms with Crippen LogP contribution in [0.2, 0.25) is 0 Å². The zero-order valence-corrected chi connectivity index (χ0v) is 11.9. The number of aromatic nitrogens is 5. The van der Waals surface area contributed by atoms with Crippen LogP contribution in [0.15, 0.2) is 35.4 Å². The Labute approximate surface area is 125 Å². The van der Waals surface area contributed by atoms with Crippen LogP contribution in [-0.2, 0) is 0 Å². The highest BCUT2D eigenvalue weighted by Crippen LogP contribution is 2.16. The Kier molecular flexibility index (Phi) is 3.36. The predicted molar refractivity (Wildman–Crippen MR) is 80.8 cm³/mol. The van der Waals surface area contributed by atoms with Gasteiger partial charge in [0.25, 0.3) is 0 Å². The first-order chi connectivity index (χ1) is 10.1. The molecule has 8 heteroatoms. The number of nitrogens with zero attached hydrogens (tertiary/aromatic N) is 4. The summed E-state index contributed by atoms with van der Waals surface area (Å²) in [5, 5.41) is 27.8. The van der Waals surface area contributed by atoms with Gasteiger partial charge in [-0.05, 0) is 37.3 Å². The predicted octanol–water partition coefficient (Wildman–Crippen LogP) is 2.23. The van der Waals surface area contributed by atoms with E-state index in [2.05, 4.69) is 25.5 Å². The van der Waals surface area contributed by atoms with Crippen molar-refractivity contribution in [1.82, 2.24) is 25.1 Å². The van der Waals surface area contributed by atoms with Gasteiger partial charge in [-0.25, -0.2) is 5.10 Å². The number of H-pyrrole nitrogens is 2. The number of hydrogen-bond acceptors (Lipinski definition) is 5. The van der Waals surface area contributed by atoms with Crippen LogP contribution < -0.4 is 0 Å². The quantitative estimate of drug-likeness (QED) is 0.510. The second-order valence-electron chi connectivity index (χ2n) is 4.40. The molecule has 0 saturated carbocycles. The molecule has 3 N–H and O–H groups in total. The van der Waals surface area contributed by atoms with Crippen LogP contribution in [0.1, 0.15) is 11.3 Å². The van der Waals surface area contributed by atoms with E-state index in [1.165, 1.54) is 10.9 Å². The molecule has 0 bridgehead atoms. The average Bonchev–Trinajstić information content (AvgIpc) is 3.04. The summed E-state index contributed by atoms with van der Waals surface area (Å²) in [5.74, 6) is 0.643. The first kappa shape index (κ1) is 13.3. The third-order valence-corrected chi connectivity index (χ3v) is 3.10. The standard InChI is InChI=1S/C13H12N6OS/c1-8-6-10(16-15-8)12-17-18-13(21)19(12)14-7-9-4-2-3-5-11(9)20/h2-7,20H,1H3,(H,15,16)(H,18,21)/b14-7+. The van der Waals surface area contributed by atoms with E-state index in [-0.39, 0.29) is 5.75 Å². The molecule has 0 aliphatic carbocycles. The highest BCUT2D eigenvalue weighted by Gasteiger charge is 2.11. The first-order valence-corrected chi connectivity index (χ1v) is 6.58. The number of rotatable bonds is 3. The van der Waals surface area contributed by atoms with Crippen molar-refractivity contribution in [2.75, 3.05) is 0 Å². The lowest BCUT2D eigenvalue weighted by Gasteiger charge is -1.99. The lowest BCUT2D eigenvalue weighted by Crippen LogP contribution is -1.95. The molecule has 21 heavy (non-hydrogen) atoms. The number of benzene rings is 1. The minimum absolute atomic E-state index is 0.147. The number of aromatic amines is 2. The van der Waals surface area contributed by atoms with Gasteiger partial charge in [0.1, 0.15) is 11.4 Å². The van der Waals surface area contributed by atoms with Crippen molar-refractivity contribution in [2.24, 2.45) is 5.10 Å². The summed E-state index contributed by atoms with van der Waals surface area (Å²) in [7, 11) is 0. The van der Waals surface area contributed by atoms with Crippen molar-refractivity contribution in [3.63, 3.8) is 0 Å². The molecule has 3 aromatic rings. The molecule has 0 aliphatic heterocycles. The Bertz CT molecular complexity index is 859. The molecule has 7 nitrogen and oxygen atoms in total. The number of nitrogens with one attached hydrogen (secondary N) is 2. The highest BCUT2D eigenvalue weighted by atomic mass is 32.1. The summed E-state index contributed by atoms with van der Waals surface area (Å²) in [4.78, 5) is 0. The second-order valence-corrected chi connectivity index (χ2v) is 4.79. The van der Waals surface area contributed by atoms with Crippen molar-refractivity contribution >= 4 is 18.4 Å². The molecule has 106 valence electrons. The Hall–Kier alpha value is -2.74. The van der Waals surface area contributed by atoms with Gasteiger partial charge in [0.2, 0.25) is 10.6 Å². The molecule has 0 unspecified atom stereocenters. The van der Waals surface area contributed by atoms with E-state index in [0.717, 1.165) is 5.69 Å². The van der Waals surface area contributed by atoms with Gasteiger partial charge < -0.3 is 5.11 Å². The van der Waals surface area contributed by atoms with E-state index in [9.17, 15) is 5.11 Å². The van der Waals surface area contributed by atoms with Crippen LogP contribution in [0, 0.1) is 11.7 Å². The fraction of sp³-hybridized carbons (Fsp3) is 0.0769. The van der Waals surface area contributed by atoms with E-state index < -0.39 is 0 Å². The molecular formula is C13H12N6OS. The van der Waals surface area contributed by atoms with Crippen LogP contribution in [-0.4, -0.2) is 36.4 Å². The van der Waals surface area contributed by atoms with Crippen molar-refractivity contribution in [3.8, 4) is 17.3 Å². The lowest BCUT2D eigenvalue weighted by atomic mass is 10.2. The number of phenolic OH excluding ortho intramolecular Hbond substituents is 1. The van der Waals surface area contributed by atoms with Crippen LogP contribution in [0.5, 0.6) is 5.75 Å². The molecule has 0 saturated heterocycles. The fourth-order valence-electron chi connectivity index (χ4n) is 1.81. The topological polar surface area (TPSA) is 94.9 Å². The molecule has 0 fully saturated rings. The zero-order valence-electron chi connectivity index (χ0n) is 11.1. The Morgan fingerprint density at radius 2 is 2.10 bits per heavy atom. The maximum Gasteiger partial charge on any atom is 0.216 e. The van der Waals surface area contributed by atoms with E-state index in [1.807, 2.05) is 19.1 Å². The normalized spacial score (nSPS) is 11.3. The van der Waals surface area contributed by atoms with Gasteiger partial charge in [0.05, 0.1) is 6.21 Å². The molecule has 0 spiro atoms. The fourth-order valence-corrected chi connectivity index (χ4v) is 1.99.